The topological polar surface area (TPSA) is 129 Å². The number of hydrogen-bond donors (Lipinski definition) is 2. The minimum absolute atomic E-state index is 0.113. The lowest BCUT2D eigenvalue weighted by Crippen LogP contribution is -2.59. The number of benzene rings is 1. The van der Waals surface area contributed by atoms with Gasteiger partial charge in [-0.2, -0.15) is 0 Å². The summed E-state index contributed by atoms with van der Waals surface area (Å²) >= 11 is 0. The number of allylic oxidation sites excluding steroid dienone is 4. The lowest BCUT2D eigenvalue weighted by atomic mass is 9.78. The first-order valence-corrected chi connectivity index (χ1v) is 16.7. The van der Waals surface area contributed by atoms with Gasteiger partial charge in [-0.15, -0.1) is 0 Å². The van der Waals surface area contributed by atoms with Crippen molar-refractivity contribution in [2.45, 2.75) is 122 Å². The van der Waals surface area contributed by atoms with Gasteiger partial charge in [-0.1, -0.05) is 86.6 Å². The third-order valence-corrected chi connectivity index (χ3v) is 9.02. The minimum atomic E-state index is -1.06. The molecule has 0 saturated carbocycles. The Hall–Kier alpha value is -3.53. The van der Waals surface area contributed by atoms with Gasteiger partial charge in [0.15, 0.2) is 5.79 Å². The molecule has 0 aromatic heterocycles. The van der Waals surface area contributed by atoms with Crippen molar-refractivity contribution in [3.63, 3.8) is 0 Å². The van der Waals surface area contributed by atoms with Crippen LogP contribution in [0.2, 0.25) is 0 Å². The van der Waals surface area contributed by atoms with Gasteiger partial charge in [0.2, 0.25) is 0 Å². The monoisotopic (exact) mass is 652 g/mol. The van der Waals surface area contributed by atoms with Gasteiger partial charge in [-0.05, 0) is 63.0 Å². The second kappa shape index (κ2) is 18.1. The average molecular weight is 653 g/mol. The molecule has 1 aromatic rings. The number of hydrogen-bond acceptors (Lipinski definition) is 8. The molecule has 9 nitrogen and oxygen atoms in total. The number of aliphatic hydroxyl groups excluding tert-OH is 1. The summed E-state index contributed by atoms with van der Waals surface area (Å²) in [6.45, 7) is 8.00. The van der Waals surface area contributed by atoms with Gasteiger partial charge in [-0.3, -0.25) is 9.59 Å². The normalized spacial score (nSPS) is 27.7. The van der Waals surface area contributed by atoms with Crippen LogP contribution in [-0.2, 0) is 33.3 Å². The number of esters is 2. The van der Waals surface area contributed by atoms with Gasteiger partial charge >= 0.3 is 17.9 Å². The third-order valence-electron chi connectivity index (χ3n) is 9.02. The van der Waals surface area contributed by atoms with Crippen molar-refractivity contribution < 1.29 is 43.5 Å². The lowest BCUT2D eigenvalue weighted by Gasteiger charge is -2.53. The molecule has 2 heterocycles. The molecule has 47 heavy (non-hydrogen) atoms. The fraction of sp³-hybridized carbons (Fsp3) is 0.553. The van der Waals surface area contributed by atoms with E-state index in [2.05, 4.69) is 19.9 Å². The van der Waals surface area contributed by atoms with Crippen LogP contribution in [0.15, 0.2) is 77.9 Å². The van der Waals surface area contributed by atoms with Gasteiger partial charge in [0.1, 0.15) is 11.7 Å². The van der Waals surface area contributed by atoms with Crippen LogP contribution in [0.25, 0.3) is 0 Å². The van der Waals surface area contributed by atoms with Gasteiger partial charge in [0.05, 0.1) is 32.2 Å². The smallest absolute Gasteiger partial charge is 0.330 e. The number of carbonyl (C=O) groups excluding carboxylic acids is 2. The highest BCUT2D eigenvalue weighted by molar-refractivity contribution is 5.83. The molecular weight excluding hydrogens is 600 g/mol. The van der Waals surface area contributed by atoms with Crippen molar-refractivity contribution in [2.75, 3.05) is 7.11 Å². The first-order chi connectivity index (χ1) is 22.4. The summed E-state index contributed by atoms with van der Waals surface area (Å²) in [6.07, 6.45) is 14.1. The van der Waals surface area contributed by atoms with Crippen molar-refractivity contribution >= 4 is 17.9 Å². The highest BCUT2D eigenvalue weighted by atomic mass is 16.7. The molecule has 2 aliphatic rings. The number of methoxy groups -OCH3 is 1. The van der Waals surface area contributed by atoms with E-state index in [9.17, 15) is 19.5 Å². The molecule has 2 N–H and O–H groups in total. The molecule has 2 saturated heterocycles. The SMILES string of the molecule is CCCC[C@@]1(OC(=O)CCC(=O)O)CC[C@]2(CC[C@H](C)[C@@H](C/C=C(C)/C=C/C(O)c3ccccc3)O2)O[C@H]1/C=C/C(C)=C/C(=O)OC. The maximum Gasteiger partial charge on any atom is 0.330 e. The molecule has 6 atom stereocenters. The highest BCUT2D eigenvalue weighted by Crippen LogP contribution is 2.48. The number of aliphatic carboxylic acids is 1. The van der Waals surface area contributed by atoms with E-state index in [4.69, 9.17) is 24.1 Å². The van der Waals surface area contributed by atoms with E-state index in [1.807, 2.05) is 49.4 Å². The molecule has 0 amide bonds. The summed E-state index contributed by atoms with van der Waals surface area (Å²) in [5, 5.41) is 19.6. The number of carboxylic acid groups (broad SMARTS) is 1. The van der Waals surface area contributed by atoms with Gasteiger partial charge < -0.3 is 29.2 Å². The van der Waals surface area contributed by atoms with Crippen LogP contribution in [0, 0.1) is 5.92 Å². The molecule has 1 spiro atoms. The molecule has 2 aliphatic heterocycles. The molecule has 0 bridgehead atoms. The van der Waals surface area contributed by atoms with Crippen LogP contribution in [0.1, 0.15) is 104 Å². The van der Waals surface area contributed by atoms with E-state index in [0.717, 1.165) is 30.4 Å². The highest BCUT2D eigenvalue weighted by Gasteiger charge is 2.54. The van der Waals surface area contributed by atoms with Crippen LogP contribution < -0.4 is 0 Å². The molecule has 1 aromatic carbocycles. The summed E-state index contributed by atoms with van der Waals surface area (Å²) in [7, 11) is 1.31. The quantitative estimate of drug-likeness (QED) is 0.114. The molecular formula is C38H52O9. The molecule has 1 unspecified atom stereocenters. The fourth-order valence-electron chi connectivity index (χ4n) is 6.09. The average Bonchev–Trinajstić information content (AvgIpc) is 3.06. The van der Waals surface area contributed by atoms with Gasteiger partial charge in [0, 0.05) is 18.9 Å². The number of unbranched alkanes of at least 4 members (excludes halogenated alkanes) is 1. The fourth-order valence-corrected chi connectivity index (χ4v) is 6.09. The van der Waals surface area contributed by atoms with Crippen LogP contribution in [0.3, 0.4) is 0 Å². The van der Waals surface area contributed by atoms with Gasteiger partial charge in [-0.25, -0.2) is 4.79 Å². The summed E-state index contributed by atoms with van der Waals surface area (Å²) in [5.41, 5.74) is 1.48. The Morgan fingerprint density at radius 2 is 1.79 bits per heavy atom. The van der Waals surface area contributed by atoms with Crippen molar-refractivity contribution in [2.24, 2.45) is 5.92 Å². The second-order valence-electron chi connectivity index (χ2n) is 12.8. The van der Waals surface area contributed by atoms with Gasteiger partial charge in [0.25, 0.3) is 0 Å². The molecule has 9 heteroatoms. The number of ether oxygens (including phenoxy) is 4. The Morgan fingerprint density at radius 1 is 1.04 bits per heavy atom. The largest absolute Gasteiger partial charge is 0.481 e. The zero-order valence-electron chi connectivity index (χ0n) is 28.5. The predicted octanol–water partition coefficient (Wildman–Crippen LogP) is 7.32. The van der Waals surface area contributed by atoms with E-state index in [0.29, 0.717) is 37.7 Å². The van der Waals surface area contributed by atoms with E-state index in [-0.39, 0.29) is 24.9 Å². The molecule has 258 valence electrons. The summed E-state index contributed by atoms with van der Waals surface area (Å²) < 4.78 is 24.5. The Bertz CT molecular complexity index is 1310. The number of rotatable bonds is 15. The Morgan fingerprint density at radius 3 is 2.47 bits per heavy atom. The molecule has 0 radical (unpaired) electrons. The van der Waals surface area contributed by atoms with Crippen molar-refractivity contribution in [3.05, 3.63) is 83.5 Å². The summed E-state index contributed by atoms with van der Waals surface area (Å²) in [6, 6.07) is 9.50. The first kappa shape index (κ1) is 37.9. The van der Waals surface area contributed by atoms with E-state index in [1.165, 1.54) is 13.2 Å². The summed E-state index contributed by atoms with van der Waals surface area (Å²) in [4.78, 5) is 36.0. The number of carboxylic acids is 1. The Kier molecular flexibility index (Phi) is 14.6. The van der Waals surface area contributed by atoms with E-state index in [1.54, 1.807) is 19.1 Å². The number of carbonyl (C=O) groups is 3. The second-order valence-corrected chi connectivity index (χ2v) is 12.8. The van der Waals surface area contributed by atoms with Crippen molar-refractivity contribution in [1.82, 2.24) is 0 Å². The van der Waals surface area contributed by atoms with Crippen LogP contribution in [-0.4, -0.2) is 58.8 Å². The predicted molar refractivity (Wildman–Crippen MR) is 179 cm³/mol. The molecule has 0 aliphatic carbocycles. The number of aliphatic hydroxyl groups is 1. The van der Waals surface area contributed by atoms with E-state index < -0.39 is 41.5 Å². The maximum absolute atomic E-state index is 12.9. The van der Waals surface area contributed by atoms with Crippen LogP contribution in [0.4, 0.5) is 0 Å². The molecule has 2 fully saturated rings. The standard InChI is InChI=1S/C38H52O9/c1-6-7-22-37(47-35(42)20-19-34(40)41)24-25-38(46-33(37)18-15-28(3)26-36(43)44-5)23-21-29(4)32(45-38)17-14-27(2)13-16-31(39)30-11-9-8-10-12-30/h8-16,18,26,29,31-33,39H,6-7,17,19-25H2,1-5H3,(H,40,41)/b16-13+,18-15+,27-14+,28-26+/t29-,31?,32+,33-,37+,38-/m0/s1. The first-order valence-electron chi connectivity index (χ1n) is 16.7. The summed E-state index contributed by atoms with van der Waals surface area (Å²) in [5.74, 6) is -2.73. The van der Waals surface area contributed by atoms with Crippen molar-refractivity contribution in [3.8, 4) is 0 Å². The van der Waals surface area contributed by atoms with Crippen LogP contribution >= 0.6 is 0 Å². The third kappa shape index (κ3) is 11.6. The van der Waals surface area contributed by atoms with Crippen molar-refractivity contribution in [1.29, 1.82) is 0 Å². The van der Waals surface area contributed by atoms with Crippen LogP contribution in [0.5, 0.6) is 0 Å². The zero-order valence-corrected chi connectivity index (χ0v) is 28.5. The minimum Gasteiger partial charge on any atom is -0.481 e. The van der Waals surface area contributed by atoms with E-state index >= 15 is 0 Å². The lowest BCUT2D eigenvalue weighted by molar-refractivity contribution is -0.344. The Labute approximate surface area is 279 Å². The zero-order chi connectivity index (χ0) is 34.5. The Balaban J connectivity index is 1.84. The maximum atomic E-state index is 12.9. The molecule has 3 rings (SSSR count).